The summed E-state index contributed by atoms with van der Waals surface area (Å²) in [6, 6.07) is 17.3. The standard InChI is InChI=1S/C36H48N2O4/c1-3-5-7-9-11-13-17-27-19-15-21-31(39)33(27)35(41)37-29-23-25-30(26-24-29)38-36(42)34-28(20-16-22-32(34)40)18-14-12-10-8-6-4-2/h15-16,19-26,39-40H,3-14,17-18H2,1-2H3,(H,37,41)(H,38,42). The quantitative estimate of drug-likeness (QED) is 0.114. The summed E-state index contributed by atoms with van der Waals surface area (Å²) in [6.07, 6.45) is 15.4. The van der Waals surface area contributed by atoms with Gasteiger partial charge in [0.05, 0.1) is 11.1 Å². The predicted octanol–water partition coefficient (Wildman–Crippen LogP) is 9.41. The van der Waals surface area contributed by atoms with Crippen LogP contribution in [-0.4, -0.2) is 22.0 Å². The minimum Gasteiger partial charge on any atom is -0.507 e. The molecule has 6 heteroatoms. The molecule has 4 N–H and O–H groups in total. The Hall–Kier alpha value is -3.80. The maximum atomic E-state index is 13.1. The van der Waals surface area contributed by atoms with Crippen molar-refractivity contribution in [2.45, 2.75) is 104 Å². The van der Waals surface area contributed by atoms with Crippen molar-refractivity contribution >= 4 is 23.2 Å². The molecule has 226 valence electrons. The number of phenolic OH excluding ortho intramolecular Hbond substituents is 2. The van der Waals surface area contributed by atoms with Crippen LogP contribution in [0.25, 0.3) is 0 Å². The number of hydrogen-bond donors (Lipinski definition) is 4. The third-order valence-corrected chi connectivity index (χ3v) is 7.71. The molecular weight excluding hydrogens is 524 g/mol. The molecule has 3 aromatic carbocycles. The minimum atomic E-state index is -0.362. The number of carbonyl (C=O) groups excluding carboxylic acids is 2. The maximum Gasteiger partial charge on any atom is 0.259 e. The van der Waals surface area contributed by atoms with E-state index >= 15 is 0 Å². The van der Waals surface area contributed by atoms with Gasteiger partial charge >= 0.3 is 0 Å². The first-order valence-electron chi connectivity index (χ1n) is 15.8. The second-order valence-electron chi connectivity index (χ2n) is 11.1. The molecule has 0 atom stereocenters. The number of anilines is 2. The van der Waals surface area contributed by atoms with Gasteiger partial charge in [0.2, 0.25) is 0 Å². The fourth-order valence-electron chi connectivity index (χ4n) is 5.33. The van der Waals surface area contributed by atoms with E-state index in [4.69, 9.17) is 0 Å². The van der Waals surface area contributed by atoms with Gasteiger partial charge < -0.3 is 20.8 Å². The lowest BCUT2D eigenvalue weighted by molar-refractivity contribution is 0.101. The van der Waals surface area contributed by atoms with Crippen molar-refractivity contribution < 1.29 is 19.8 Å². The van der Waals surface area contributed by atoms with Gasteiger partial charge in [-0.05, 0) is 73.2 Å². The molecule has 0 saturated carbocycles. The third kappa shape index (κ3) is 10.2. The number of phenols is 2. The highest BCUT2D eigenvalue weighted by atomic mass is 16.3. The fourth-order valence-corrected chi connectivity index (χ4v) is 5.33. The summed E-state index contributed by atoms with van der Waals surface area (Å²) in [7, 11) is 0. The van der Waals surface area contributed by atoms with Crippen LogP contribution >= 0.6 is 0 Å². The summed E-state index contributed by atoms with van der Waals surface area (Å²) >= 11 is 0. The van der Waals surface area contributed by atoms with E-state index in [0.29, 0.717) is 22.5 Å². The van der Waals surface area contributed by atoms with Gasteiger partial charge in [0.15, 0.2) is 0 Å². The van der Waals surface area contributed by atoms with E-state index in [2.05, 4.69) is 24.5 Å². The van der Waals surface area contributed by atoms with Gasteiger partial charge in [0.1, 0.15) is 11.5 Å². The van der Waals surface area contributed by atoms with Crippen molar-refractivity contribution in [1.29, 1.82) is 0 Å². The summed E-state index contributed by atoms with van der Waals surface area (Å²) in [6.45, 7) is 4.40. The first kappa shape index (κ1) is 32.7. The fraction of sp³-hybridized carbons (Fsp3) is 0.444. The minimum absolute atomic E-state index is 0.0284. The molecule has 0 radical (unpaired) electrons. The van der Waals surface area contributed by atoms with E-state index in [-0.39, 0.29) is 23.3 Å². The van der Waals surface area contributed by atoms with E-state index in [1.807, 2.05) is 12.1 Å². The van der Waals surface area contributed by atoms with Crippen LogP contribution in [0, 0.1) is 0 Å². The predicted molar refractivity (Wildman–Crippen MR) is 173 cm³/mol. The number of carbonyl (C=O) groups is 2. The molecule has 0 unspecified atom stereocenters. The Labute approximate surface area is 251 Å². The Kier molecular flexibility index (Phi) is 13.9. The first-order chi connectivity index (χ1) is 20.4. The van der Waals surface area contributed by atoms with Crippen LogP contribution in [0.5, 0.6) is 11.5 Å². The van der Waals surface area contributed by atoms with E-state index in [0.717, 1.165) is 49.7 Å². The molecule has 0 spiro atoms. The van der Waals surface area contributed by atoms with Gasteiger partial charge in [-0.15, -0.1) is 0 Å². The second-order valence-corrected chi connectivity index (χ2v) is 11.1. The van der Waals surface area contributed by atoms with Crippen molar-refractivity contribution in [2.75, 3.05) is 10.6 Å². The highest BCUT2D eigenvalue weighted by Gasteiger charge is 2.18. The van der Waals surface area contributed by atoms with Crippen LogP contribution in [0.3, 0.4) is 0 Å². The number of amides is 2. The molecule has 6 nitrogen and oxygen atoms in total. The Balaban J connectivity index is 1.59. The van der Waals surface area contributed by atoms with Crippen LogP contribution in [0.1, 0.15) is 123 Å². The summed E-state index contributed by atoms with van der Waals surface area (Å²) in [5, 5.41) is 26.7. The molecule has 0 aliphatic heterocycles. The topological polar surface area (TPSA) is 98.7 Å². The maximum absolute atomic E-state index is 13.1. The Morgan fingerprint density at radius 1 is 0.524 bits per heavy atom. The second kappa shape index (κ2) is 17.9. The Bertz CT molecular complexity index is 1170. The molecule has 42 heavy (non-hydrogen) atoms. The molecular formula is C36H48N2O4. The van der Waals surface area contributed by atoms with Crippen molar-refractivity contribution in [3.63, 3.8) is 0 Å². The van der Waals surface area contributed by atoms with Gasteiger partial charge in [-0.25, -0.2) is 0 Å². The number of nitrogens with one attached hydrogen (secondary N) is 2. The van der Waals surface area contributed by atoms with Gasteiger partial charge in [-0.3, -0.25) is 9.59 Å². The highest BCUT2D eigenvalue weighted by molar-refractivity contribution is 6.08. The van der Waals surface area contributed by atoms with Gasteiger partial charge in [0, 0.05) is 11.4 Å². The zero-order valence-corrected chi connectivity index (χ0v) is 25.4. The summed E-state index contributed by atoms with van der Waals surface area (Å²) in [5.74, 6) is -0.780. The third-order valence-electron chi connectivity index (χ3n) is 7.71. The van der Waals surface area contributed by atoms with Crippen LogP contribution in [0.4, 0.5) is 11.4 Å². The molecule has 0 aromatic heterocycles. The molecule has 0 heterocycles. The monoisotopic (exact) mass is 572 g/mol. The Morgan fingerprint density at radius 2 is 0.881 bits per heavy atom. The molecule has 3 aromatic rings. The number of hydrogen-bond acceptors (Lipinski definition) is 4. The number of rotatable bonds is 18. The average Bonchev–Trinajstić information content (AvgIpc) is 2.97. The van der Waals surface area contributed by atoms with E-state index in [9.17, 15) is 19.8 Å². The van der Waals surface area contributed by atoms with Gasteiger partial charge in [-0.2, -0.15) is 0 Å². The van der Waals surface area contributed by atoms with Crippen molar-refractivity contribution in [3.05, 3.63) is 82.9 Å². The lowest BCUT2D eigenvalue weighted by Crippen LogP contribution is -2.16. The molecule has 0 bridgehead atoms. The number of aromatic hydroxyl groups is 2. The Morgan fingerprint density at radius 3 is 1.26 bits per heavy atom. The first-order valence-corrected chi connectivity index (χ1v) is 15.8. The summed E-state index contributed by atoms with van der Waals surface area (Å²) < 4.78 is 0. The SMILES string of the molecule is CCCCCCCCc1cccc(O)c1C(=O)Nc1ccc(NC(=O)c2c(O)cccc2CCCCCCCC)cc1. The van der Waals surface area contributed by atoms with E-state index < -0.39 is 0 Å². The highest BCUT2D eigenvalue weighted by Crippen LogP contribution is 2.27. The molecule has 0 aliphatic rings. The lowest BCUT2D eigenvalue weighted by Gasteiger charge is -2.14. The molecule has 3 rings (SSSR count). The van der Waals surface area contributed by atoms with E-state index in [1.165, 1.54) is 63.5 Å². The van der Waals surface area contributed by atoms with Crippen LogP contribution in [0.2, 0.25) is 0 Å². The smallest absolute Gasteiger partial charge is 0.259 e. The van der Waals surface area contributed by atoms with Crippen LogP contribution < -0.4 is 10.6 Å². The zero-order chi connectivity index (χ0) is 30.2. The molecule has 0 aliphatic carbocycles. The largest absolute Gasteiger partial charge is 0.507 e. The lowest BCUT2D eigenvalue weighted by atomic mass is 9.99. The summed E-state index contributed by atoms with van der Waals surface area (Å²) in [4.78, 5) is 26.3. The normalized spacial score (nSPS) is 10.9. The zero-order valence-electron chi connectivity index (χ0n) is 25.4. The van der Waals surface area contributed by atoms with Crippen molar-refractivity contribution in [2.24, 2.45) is 0 Å². The van der Waals surface area contributed by atoms with Crippen LogP contribution in [0.15, 0.2) is 60.7 Å². The molecule has 0 saturated heterocycles. The van der Waals surface area contributed by atoms with Crippen molar-refractivity contribution in [3.8, 4) is 11.5 Å². The number of benzene rings is 3. The number of unbranched alkanes of at least 4 members (excludes halogenated alkanes) is 10. The number of aryl methyl sites for hydroxylation is 2. The van der Waals surface area contributed by atoms with Crippen LogP contribution in [-0.2, 0) is 12.8 Å². The van der Waals surface area contributed by atoms with Gasteiger partial charge in [-0.1, -0.05) is 102 Å². The average molecular weight is 573 g/mol. The summed E-state index contributed by atoms with van der Waals surface area (Å²) in [5.41, 5.74) is 3.40. The van der Waals surface area contributed by atoms with Gasteiger partial charge in [0.25, 0.3) is 11.8 Å². The molecule has 0 fully saturated rings. The van der Waals surface area contributed by atoms with Crippen molar-refractivity contribution in [1.82, 2.24) is 0 Å². The van der Waals surface area contributed by atoms with E-state index in [1.54, 1.807) is 36.4 Å². The molecule has 2 amide bonds.